The molecule has 0 radical (unpaired) electrons. The molecule has 5 aliphatic rings. The summed E-state index contributed by atoms with van der Waals surface area (Å²) < 4.78 is 61.6. The molecule has 10 rings (SSSR count). The lowest BCUT2D eigenvalue weighted by Crippen LogP contribution is -2.45. The number of piperazine rings is 5. The maximum atomic E-state index is 14.1. The van der Waals surface area contributed by atoms with Crippen molar-refractivity contribution in [2.75, 3.05) is 198 Å². The van der Waals surface area contributed by atoms with Gasteiger partial charge in [0.25, 0.3) is 0 Å². The summed E-state index contributed by atoms with van der Waals surface area (Å²) in [5.41, 5.74) is 9.55. The minimum Gasteiger partial charge on any atom is -0.496 e. The Balaban J connectivity index is 0.000000174. The molecule has 5 aromatic carbocycles. The Morgan fingerprint density at radius 2 is 0.678 bits per heavy atom. The molecule has 0 aliphatic carbocycles. The second kappa shape index (κ2) is 34.1. The summed E-state index contributed by atoms with van der Waals surface area (Å²) in [7, 11) is 12.4. The van der Waals surface area contributed by atoms with Crippen LogP contribution in [0.4, 0.5) is 46.0 Å². The van der Waals surface area contributed by atoms with Crippen LogP contribution in [0, 0.1) is 23.3 Å². The molecular formula is C71H107ClF4N10O. The lowest BCUT2D eigenvalue weighted by Gasteiger charge is -2.34. The molecule has 0 spiro atoms. The summed E-state index contributed by atoms with van der Waals surface area (Å²) in [5, 5.41) is 0.890. The predicted molar refractivity (Wildman–Crippen MR) is 363 cm³/mol. The fraction of sp³-hybridized carbons (Fsp3) is 0.577. The van der Waals surface area contributed by atoms with Gasteiger partial charge in [0.2, 0.25) is 0 Å². The van der Waals surface area contributed by atoms with Crippen molar-refractivity contribution < 1.29 is 22.3 Å². The van der Waals surface area contributed by atoms with Gasteiger partial charge in [-0.2, -0.15) is 0 Å². The minimum atomic E-state index is -0.441. The predicted octanol–water partition coefficient (Wildman–Crippen LogP) is 14.0. The summed E-state index contributed by atoms with van der Waals surface area (Å²) in [6.07, 6.45) is 0. The summed E-state index contributed by atoms with van der Waals surface area (Å²) in [6.45, 7) is 40.6. The average Bonchev–Trinajstić information content (AvgIpc) is 2.53. The fourth-order valence-corrected chi connectivity index (χ4v) is 11.6. The molecule has 0 unspecified atom stereocenters. The first kappa shape index (κ1) is 70.8. The van der Waals surface area contributed by atoms with Crippen LogP contribution in [-0.2, 0) is 0 Å². The standard InChI is InChI=1S/C15H24N2O.C14H21ClN2.C14H20F2N2.2C14H21FN2/c1-12(2)14-6-5-13(11-15(14)18-4)17-9-7-16(3)8-10-17;1-11(2)12-4-5-14(13(15)10-12)17-8-6-16(3)7-9-17;1-10(2)11-8-12(15)14(13(16)9-11)18-6-4-17(3)5-7-18;1-11(2)13-5-4-12(10-14(13)15)17-8-6-16(3)7-9-17;1-11(2)12-4-5-14(13(15)10-12)17-8-6-16(3)7-9-17/h5-6,11-12H,7-10H2,1-4H3;4-5,10-11H,6-9H2,1-3H3;8-10H,4-7H2,1-3H3;2*4-5,10-11H,6-9H2,1-3H3. The van der Waals surface area contributed by atoms with Gasteiger partial charge < -0.3 is 53.7 Å². The summed E-state index contributed by atoms with van der Waals surface area (Å²) in [4.78, 5) is 22.5. The maximum absolute atomic E-state index is 14.1. The van der Waals surface area contributed by atoms with Gasteiger partial charge in [0.05, 0.1) is 23.5 Å². The first-order valence-electron chi connectivity index (χ1n) is 32.1. The number of anilines is 5. The Labute approximate surface area is 527 Å². The van der Waals surface area contributed by atoms with Crippen LogP contribution < -0.4 is 29.2 Å². The zero-order valence-corrected chi connectivity index (χ0v) is 56.6. The smallest absolute Gasteiger partial charge is 0.149 e. The minimum absolute atomic E-state index is 0.0728. The van der Waals surface area contributed by atoms with Gasteiger partial charge in [-0.1, -0.05) is 105 Å². The molecule has 5 fully saturated rings. The van der Waals surface area contributed by atoms with Crippen molar-refractivity contribution in [3.05, 3.63) is 141 Å². The summed E-state index contributed by atoms with van der Waals surface area (Å²) >= 11 is 6.39. The van der Waals surface area contributed by atoms with E-state index >= 15 is 0 Å². The number of rotatable bonds is 11. The number of ether oxygens (including phenoxy) is 1. The number of methoxy groups -OCH3 is 1. The molecule has 0 amide bonds. The van der Waals surface area contributed by atoms with Crippen molar-refractivity contribution in [1.29, 1.82) is 0 Å². The molecule has 0 saturated carbocycles. The number of halogens is 5. The summed E-state index contributed by atoms with van der Waals surface area (Å²) in [6, 6.07) is 27.3. The van der Waals surface area contributed by atoms with Gasteiger partial charge >= 0.3 is 0 Å². The third kappa shape index (κ3) is 20.9. The number of hydrogen-bond donors (Lipinski definition) is 0. The Kier molecular flexibility index (Phi) is 27.7. The van der Waals surface area contributed by atoms with Crippen LogP contribution in [0.25, 0.3) is 0 Å². The molecule has 5 heterocycles. The van der Waals surface area contributed by atoms with Gasteiger partial charge in [-0.05, 0) is 147 Å². The van der Waals surface area contributed by atoms with Crippen LogP contribution in [-0.4, -0.2) is 198 Å². The second-order valence-electron chi connectivity index (χ2n) is 26.1. The highest BCUT2D eigenvalue weighted by Crippen LogP contribution is 2.34. The third-order valence-corrected chi connectivity index (χ3v) is 18.0. The molecule has 482 valence electrons. The second-order valence-corrected chi connectivity index (χ2v) is 26.5. The highest BCUT2D eigenvalue weighted by molar-refractivity contribution is 6.33. The zero-order valence-electron chi connectivity index (χ0n) is 55.9. The highest BCUT2D eigenvalue weighted by atomic mass is 35.5. The first-order chi connectivity index (χ1) is 41.3. The molecule has 0 N–H and O–H groups in total. The van der Waals surface area contributed by atoms with E-state index < -0.39 is 11.6 Å². The van der Waals surface area contributed by atoms with E-state index in [4.69, 9.17) is 16.3 Å². The van der Waals surface area contributed by atoms with Crippen LogP contribution in [0.2, 0.25) is 5.02 Å². The van der Waals surface area contributed by atoms with Gasteiger partial charge in [-0.15, -0.1) is 0 Å². The van der Waals surface area contributed by atoms with E-state index in [1.54, 1.807) is 24.1 Å². The van der Waals surface area contributed by atoms with Gasteiger partial charge in [-0.25, -0.2) is 17.6 Å². The maximum Gasteiger partial charge on any atom is 0.149 e. The van der Waals surface area contributed by atoms with Crippen molar-refractivity contribution in [3.63, 3.8) is 0 Å². The third-order valence-electron chi connectivity index (χ3n) is 17.7. The van der Waals surface area contributed by atoms with Gasteiger partial charge in [0.15, 0.2) is 0 Å². The molecule has 0 aromatic heterocycles. The van der Waals surface area contributed by atoms with E-state index in [1.165, 1.54) is 34.6 Å². The van der Waals surface area contributed by atoms with Crippen molar-refractivity contribution in [2.45, 2.75) is 98.8 Å². The molecule has 5 aromatic rings. The van der Waals surface area contributed by atoms with Crippen LogP contribution in [0.3, 0.4) is 0 Å². The average molecular weight is 1230 g/mol. The molecule has 11 nitrogen and oxygen atoms in total. The highest BCUT2D eigenvalue weighted by Gasteiger charge is 2.24. The van der Waals surface area contributed by atoms with E-state index in [9.17, 15) is 17.6 Å². The van der Waals surface area contributed by atoms with Crippen molar-refractivity contribution >= 4 is 40.0 Å². The molecule has 0 bridgehead atoms. The lowest BCUT2D eigenvalue weighted by molar-refractivity contribution is 0.310. The fourth-order valence-electron chi connectivity index (χ4n) is 11.3. The van der Waals surface area contributed by atoms with E-state index in [0.29, 0.717) is 36.4 Å². The Bertz CT molecular complexity index is 2770. The Morgan fingerprint density at radius 1 is 0.333 bits per heavy atom. The lowest BCUT2D eigenvalue weighted by atomic mass is 10.0. The number of benzene rings is 5. The van der Waals surface area contributed by atoms with Gasteiger partial charge in [0, 0.05) is 148 Å². The zero-order chi connectivity index (χ0) is 63.6. The van der Waals surface area contributed by atoms with Crippen molar-refractivity contribution in [3.8, 4) is 5.75 Å². The summed E-state index contributed by atoms with van der Waals surface area (Å²) in [5.74, 6) is 1.78. The van der Waals surface area contributed by atoms with Crippen LogP contribution >= 0.6 is 11.6 Å². The molecular weight excluding hydrogens is 1120 g/mol. The van der Waals surface area contributed by atoms with Crippen LogP contribution in [0.1, 0.15) is 127 Å². The Hall–Kier alpha value is -5.29. The van der Waals surface area contributed by atoms with E-state index in [-0.39, 0.29) is 29.2 Å². The van der Waals surface area contributed by atoms with Crippen LogP contribution in [0.15, 0.2) is 84.9 Å². The first-order valence-corrected chi connectivity index (χ1v) is 32.4. The van der Waals surface area contributed by atoms with E-state index in [1.807, 2.05) is 59.0 Å². The monoisotopic (exact) mass is 1230 g/mol. The normalized spacial score (nSPS) is 17.7. The number of likely N-dealkylation sites (N-methyl/N-ethyl adjacent to an activating group) is 5. The van der Waals surface area contributed by atoms with Gasteiger partial charge in [0.1, 0.15) is 34.7 Å². The SMILES string of the molecule is CC(C)c1cc(F)c(N2CCN(C)CC2)c(F)c1.CC(C)c1ccc(N2CCN(C)CC2)c(Cl)c1.CC(C)c1ccc(N2CCN(C)CC2)c(F)c1.CC(C)c1ccc(N2CCN(C)CC2)cc1F.COc1cc(N2CCN(C)CC2)ccc1C(C)C. The molecule has 5 aliphatic heterocycles. The largest absolute Gasteiger partial charge is 0.496 e. The van der Waals surface area contributed by atoms with Crippen molar-refractivity contribution in [1.82, 2.24) is 24.5 Å². The van der Waals surface area contributed by atoms with Gasteiger partial charge in [-0.3, -0.25) is 0 Å². The topological polar surface area (TPSA) is 41.6 Å². The van der Waals surface area contributed by atoms with E-state index in [2.05, 4.69) is 150 Å². The molecule has 5 saturated heterocycles. The van der Waals surface area contributed by atoms with E-state index in [0.717, 1.165) is 151 Å². The Morgan fingerprint density at radius 3 is 1.05 bits per heavy atom. The number of nitrogens with zero attached hydrogens (tertiary/aromatic N) is 10. The number of hydrogen-bond acceptors (Lipinski definition) is 11. The quantitative estimate of drug-likeness (QED) is 0.119. The van der Waals surface area contributed by atoms with Crippen LogP contribution in [0.5, 0.6) is 5.75 Å². The van der Waals surface area contributed by atoms with Crippen molar-refractivity contribution in [2.24, 2.45) is 0 Å². The molecule has 87 heavy (non-hydrogen) atoms. The molecule has 0 atom stereocenters. The molecule has 16 heteroatoms.